The number of hydrogen-bond donors (Lipinski definition) is 1. The van der Waals surface area contributed by atoms with E-state index in [1.54, 1.807) is 24.5 Å². The summed E-state index contributed by atoms with van der Waals surface area (Å²) in [6, 6.07) is 13.7. The van der Waals surface area contributed by atoms with Crippen molar-refractivity contribution in [3.8, 4) is 0 Å². The lowest BCUT2D eigenvalue weighted by Crippen LogP contribution is -2.34. The van der Waals surface area contributed by atoms with Crippen molar-refractivity contribution in [3.05, 3.63) is 66.0 Å². The van der Waals surface area contributed by atoms with Gasteiger partial charge in [-0.3, -0.25) is 9.78 Å². The number of carbonyl (C=O) groups is 1. The lowest BCUT2D eigenvalue weighted by molar-refractivity contribution is 0.0940. The lowest BCUT2D eigenvalue weighted by Gasteiger charge is -2.13. The largest absolute Gasteiger partial charge is 0.349 e. The molecule has 1 amide bonds. The van der Waals surface area contributed by atoms with Gasteiger partial charge in [0.05, 0.1) is 0 Å². The highest BCUT2D eigenvalue weighted by atomic mass is 35.5. The third-order valence-corrected chi connectivity index (χ3v) is 2.70. The van der Waals surface area contributed by atoms with Crippen molar-refractivity contribution in [1.82, 2.24) is 10.3 Å². The van der Waals surface area contributed by atoms with E-state index < -0.39 is 0 Å². The Hall–Kier alpha value is -1.87. The van der Waals surface area contributed by atoms with Crippen molar-refractivity contribution in [2.24, 2.45) is 0 Å². The summed E-state index contributed by atoms with van der Waals surface area (Å²) in [5.74, 6) is -0.0548. The summed E-state index contributed by atoms with van der Waals surface area (Å²) < 4.78 is 0. The number of pyridine rings is 1. The van der Waals surface area contributed by atoms with Crippen molar-refractivity contribution in [1.29, 1.82) is 0 Å². The molecule has 1 atom stereocenters. The van der Waals surface area contributed by atoms with E-state index >= 15 is 0 Å². The Kier molecular flexibility index (Phi) is 6.03. The van der Waals surface area contributed by atoms with Crippen molar-refractivity contribution in [2.45, 2.75) is 19.4 Å². The van der Waals surface area contributed by atoms with Gasteiger partial charge in [-0.15, -0.1) is 12.4 Å². The summed E-state index contributed by atoms with van der Waals surface area (Å²) in [5.41, 5.74) is 1.87. The van der Waals surface area contributed by atoms with Crippen LogP contribution in [0.25, 0.3) is 0 Å². The zero-order valence-electron chi connectivity index (χ0n) is 10.7. The summed E-state index contributed by atoms with van der Waals surface area (Å²) >= 11 is 0. The maximum atomic E-state index is 11.9. The number of benzene rings is 1. The van der Waals surface area contributed by atoms with Crippen LogP contribution in [0.5, 0.6) is 0 Å². The molecule has 19 heavy (non-hydrogen) atoms. The molecule has 1 heterocycles. The van der Waals surface area contributed by atoms with Crippen LogP contribution in [0.3, 0.4) is 0 Å². The molecule has 2 aromatic rings. The molecule has 2 rings (SSSR count). The van der Waals surface area contributed by atoms with E-state index in [1.165, 1.54) is 5.56 Å². The van der Waals surface area contributed by atoms with E-state index in [0.717, 1.165) is 6.42 Å². The molecule has 0 radical (unpaired) electrons. The number of nitrogens with one attached hydrogen (secondary N) is 1. The Morgan fingerprint density at radius 2 is 1.79 bits per heavy atom. The molecule has 0 bridgehead atoms. The van der Waals surface area contributed by atoms with E-state index in [0.29, 0.717) is 5.56 Å². The maximum absolute atomic E-state index is 11.9. The zero-order valence-corrected chi connectivity index (χ0v) is 11.6. The highest BCUT2D eigenvalue weighted by Gasteiger charge is 2.09. The number of aromatic nitrogens is 1. The minimum Gasteiger partial charge on any atom is -0.349 e. The Balaban J connectivity index is 0.00000180. The average molecular weight is 277 g/mol. The van der Waals surface area contributed by atoms with Crippen LogP contribution in [-0.2, 0) is 6.42 Å². The molecule has 4 heteroatoms. The van der Waals surface area contributed by atoms with Crippen molar-refractivity contribution in [3.63, 3.8) is 0 Å². The predicted octanol–water partition coefficient (Wildman–Crippen LogP) is 2.86. The van der Waals surface area contributed by atoms with Crippen LogP contribution in [0.1, 0.15) is 22.8 Å². The number of carbonyl (C=O) groups excluding carboxylic acids is 1. The van der Waals surface area contributed by atoms with Gasteiger partial charge in [-0.1, -0.05) is 30.3 Å². The van der Waals surface area contributed by atoms with Crippen LogP contribution < -0.4 is 5.32 Å². The molecule has 0 saturated carbocycles. The van der Waals surface area contributed by atoms with Crippen molar-refractivity contribution in [2.75, 3.05) is 0 Å². The minimum atomic E-state index is -0.0548. The van der Waals surface area contributed by atoms with Gasteiger partial charge in [-0.2, -0.15) is 0 Å². The maximum Gasteiger partial charge on any atom is 0.251 e. The normalized spacial score (nSPS) is 11.2. The topological polar surface area (TPSA) is 42.0 Å². The predicted molar refractivity (Wildman–Crippen MR) is 78.6 cm³/mol. The van der Waals surface area contributed by atoms with Gasteiger partial charge in [-0.25, -0.2) is 0 Å². The van der Waals surface area contributed by atoms with Crippen molar-refractivity contribution >= 4 is 18.3 Å². The third kappa shape index (κ3) is 4.72. The second-order valence-corrected chi connectivity index (χ2v) is 4.30. The van der Waals surface area contributed by atoms with E-state index in [-0.39, 0.29) is 24.4 Å². The first-order valence-electron chi connectivity index (χ1n) is 6.00. The van der Waals surface area contributed by atoms with Gasteiger partial charge >= 0.3 is 0 Å². The van der Waals surface area contributed by atoms with E-state index in [4.69, 9.17) is 0 Å². The molecule has 0 aliphatic heterocycles. The van der Waals surface area contributed by atoms with E-state index in [2.05, 4.69) is 22.4 Å². The average Bonchev–Trinajstić information content (AvgIpc) is 2.40. The smallest absolute Gasteiger partial charge is 0.251 e. The summed E-state index contributed by atoms with van der Waals surface area (Å²) in [6.07, 6.45) is 4.07. The highest BCUT2D eigenvalue weighted by Crippen LogP contribution is 2.04. The fourth-order valence-electron chi connectivity index (χ4n) is 1.83. The van der Waals surface area contributed by atoms with Crippen LogP contribution in [0.15, 0.2) is 54.9 Å². The van der Waals surface area contributed by atoms with Gasteiger partial charge in [0.2, 0.25) is 0 Å². The molecule has 0 saturated heterocycles. The molecular formula is C15H17ClN2O. The first-order valence-corrected chi connectivity index (χ1v) is 6.00. The molecule has 0 spiro atoms. The minimum absolute atomic E-state index is 0. The second-order valence-electron chi connectivity index (χ2n) is 4.30. The van der Waals surface area contributed by atoms with Gasteiger partial charge < -0.3 is 5.32 Å². The molecule has 100 valence electrons. The van der Waals surface area contributed by atoms with Gasteiger partial charge in [0.25, 0.3) is 5.91 Å². The lowest BCUT2D eigenvalue weighted by atomic mass is 10.1. The van der Waals surface area contributed by atoms with Gasteiger partial charge in [0, 0.05) is 24.0 Å². The Labute approximate surface area is 119 Å². The van der Waals surface area contributed by atoms with Gasteiger partial charge in [-0.05, 0) is 31.0 Å². The fraction of sp³-hybridized carbons (Fsp3) is 0.200. The van der Waals surface area contributed by atoms with Gasteiger partial charge in [0.1, 0.15) is 0 Å². The quantitative estimate of drug-likeness (QED) is 0.933. The Morgan fingerprint density at radius 3 is 2.42 bits per heavy atom. The first kappa shape index (κ1) is 15.2. The van der Waals surface area contributed by atoms with Gasteiger partial charge in [0.15, 0.2) is 0 Å². The summed E-state index contributed by atoms with van der Waals surface area (Å²) in [7, 11) is 0. The molecule has 1 aromatic heterocycles. The summed E-state index contributed by atoms with van der Waals surface area (Å²) in [4.78, 5) is 15.8. The molecule has 1 unspecified atom stereocenters. The number of halogens is 1. The highest BCUT2D eigenvalue weighted by molar-refractivity contribution is 5.94. The molecule has 0 aliphatic rings. The molecular weight excluding hydrogens is 260 g/mol. The number of amides is 1. The first-order chi connectivity index (χ1) is 8.75. The van der Waals surface area contributed by atoms with E-state index in [9.17, 15) is 4.79 Å². The SMILES string of the molecule is CC(Cc1ccccc1)NC(=O)c1ccncc1.Cl. The van der Waals surface area contributed by atoms with Crippen molar-refractivity contribution < 1.29 is 4.79 Å². The van der Waals surface area contributed by atoms with Crippen LogP contribution in [-0.4, -0.2) is 16.9 Å². The number of hydrogen-bond acceptors (Lipinski definition) is 2. The number of nitrogens with zero attached hydrogens (tertiary/aromatic N) is 1. The Bertz CT molecular complexity index is 502. The summed E-state index contributed by atoms with van der Waals surface area (Å²) in [5, 5.41) is 2.98. The molecule has 0 fully saturated rings. The fourth-order valence-corrected chi connectivity index (χ4v) is 1.83. The zero-order chi connectivity index (χ0) is 12.8. The van der Waals surface area contributed by atoms with Crippen LogP contribution in [0, 0.1) is 0 Å². The molecule has 3 nitrogen and oxygen atoms in total. The van der Waals surface area contributed by atoms with Crippen LogP contribution in [0.2, 0.25) is 0 Å². The summed E-state index contributed by atoms with van der Waals surface area (Å²) in [6.45, 7) is 2.01. The molecule has 0 aliphatic carbocycles. The molecule has 1 aromatic carbocycles. The molecule has 1 N–H and O–H groups in total. The van der Waals surface area contributed by atoms with Crippen LogP contribution in [0.4, 0.5) is 0 Å². The van der Waals surface area contributed by atoms with E-state index in [1.807, 2.05) is 25.1 Å². The monoisotopic (exact) mass is 276 g/mol. The van der Waals surface area contributed by atoms with Crippen LogP contribution >= 0.6 is 12.4 Å². The standard InChI is InChI=1S/C15H16N2O.ClH/c1-12(11-13-5-3-2-4-6-13)17-15(18)14-7-9-16-10-8-14;/h2-10,12H,11H2,1H3,(H,17,18);1H. The second kappa shape index (κ2) is 7.54. The Morgan fingerprint density at radius 1 is 1.16 bits per heavy atom. The third-order valence-electron chi connectivity index (χ3n) is 2.70. The number of rotatable bonds is 4.